The zero-order valence-corrected chi connectivity index (χ0v) is 13.0. The van der Waals surface area contributed by atoms with Gasteiger partial charge in [0, 0.05) is 5.38 Å². The Kier molecular flexibility index (Phi) is 6.80. The molecule has 8 heteroatoms. The van der Waals surface area contributed by atoms with E-state index in [1.807, 2.05) is 6.92 Å². The molecule has 0 aromatic carbocycles. The van der Waals surface area contributed by atoms with Gasteiger partial charge in [0.2, 0.25) is 11.9 Å². The van der Waals surface area contributed by atoms with Crippen LogP contribution >= 0.6 is 11.3 Å². The van der Waals surface area contributed by atoms with Crippen LogP contribution in [0.3, 0.4) is 0 Å². The molecule has 0 unspecified atom stereocenters. The number of carbonyl (C=O) groups is 3. The molecule has 0 radical (unpaired) electrons. The maximum atomic E-state index is 11.9. The number of nitrogens with one attached hydrogen (secondary N) is 1. The van der Waals surface area contributed by atoms with E-state index in [-0.39, 0.29) is 19.6 Å². The number of aryl methyl sites for hydroxylation is 1. The van der Waals surface area contributed by atoms with Crippen molar-refractivity contribution >= 4 is 29.2 Å². The van der Waals surface area contributed by atoms with Gasteiger partial charge in [0.15, 0.2) is 0 Å². The van der Waals surface area contributed by atoms with Crippen LogP contribution in [0.1, 0.15) is 24.5 Å². The molecule has 21 heavy (non-hydrogen) atoms. The molecule has 1 aromatic heterocycles. The van der Waals surface area contributed by atoms with Gasteiger partial charge in [-0.25, -0.2) is 14.6 Å². The number of ether oxygens (including phenoxy) is 2. The van der Waals surface area contributed by atoms with Crippen LogP contribution in [0.4, 0.5) is 0 Å². The first-order valence-corrected chi connectivity index (χ1v) is 7.39. The standard InChI is InChI=1S/C13H18N2O5S/c1-4-19-12(17)11(13(18)20-5-2)15-10(16)6-9-7-21-8(3)14-9/h7,11H,4-6H2,1-3H3,(H,15,16). The lowest BCUT2D eigenvalue weighted by molar-refractivity contribution is -0.159. The molecule has 1 heterocycles. The van der Waals surface area contributed by atoms with E-state index >= 15 is 0 Å². The smallest absolute Gasteiger partial charge is 0.340 e. The highest BCUT2D eigenvalue weighted by molar-refractivity contribution is 7.09. The van der Waals surface area contributed by atoms with Gasteiger partial charge in [-0.15, -0.1) is 11.3 Å². The summed E-state index contributed by atoms with van der Waals surface area (Å²) in [6.07, 6.45) is -0.0142. The van der Waals surface area contributed by atoms with Crippen molar-refractivity contribution in [3.8, 4) is 0 Å². The Morgan fingerprint density at radius 1 is 1.24 bits per heavy atom. The van der Waals surface area contributed by atoms with Crippen LogP contribution in [0.5, 0.6) is 0 Å². The molecule has 1 aromatic rings. The van der Waals surface area contributed by atoms with Gasteiger partial charge in [0.25, 0.3) is 0 Å². The zero-order chi connectivity index (χ0) is 15.8. The molecule has 1 amide bonds. The summed E-state index contributed by atoms with van der Waals surface area (Å²) in [6.45, 7) is 5.26. The summed E-state index contributed by atoms with van der Waals surface area (Å²) < 4.78 is 9.52. The van der Waals surface area contributed by atoms with E-state index < -0.39 is 23.9 Å². The topological polar surface area (TPSA) is 94.6 Å². The zero-order valence-electron chi connectivity index (χ0n) is 12.2. The molecule has 0 spiro atoms. The molecule has 0 saturated heterocycles. The molecule has 0 aliphatic heterocycles. The Hall–Kier alpha value is -1.96. The van der Waals surface area contributed by atoms with Crippen molar-refractivity contribution in [3.63, 3.8) is 0 Å². The Morgan fingerprint density at radius 2 is 1.81 bits per heavy atom. The predicted molar refractivity (Wildman–Crippen MR) is 75.8 cm³/mol. The molecule has 1 N–H and O–H groups in total. The van der Waals surface area contributed by atoms with E-state index in [4.69, 9.17) is 9.47 Å². The monoisotopic (exact) mass is 314 g/mol. The molecular formula is C13H18N2O5S. The predicted octanol–water partition coefficient (Wildman–Crippen LogP) is 0.605. The van der Waals surface area contributed by atoms with Crippen LogP contribution in [-0.2, 0) is 30.3 Å². The van der Waals surface area contributed by atoms with E-state index in [1.54, 1.807) is 19.2 Å². The Bertz CT molecular complexity index is 496. The lowest BCUT2D eigenvalue weighted by Gasteiger charge is -2.15. The van der Waals surface area contributed by atoms with Crippen LogP contribution < -0.4 is 5.32 Å². The highest BCUT2D eigenvalue weighted by Gasteiger charge is 2.31. The van der Waals surface area contributed by atoms with Gasteiger partial charge < -0.3 is 14.8 Å². The van der Waals surface area contributed by atoms with Crippen molar-refractivity contribution in [1.82, 2.24) is 10.3 Å². The summed E-state index contributed by atoms with van der Waals surface area (Å²) in [5, 5.41) is 4.91. The number of aromatic nitrogens is 1. The van der Waals surface area contributed by atoms with Crippen molar-refractivity contribution in [2.45, 2.75) is 33.2 Å². The van der Waals surface area contributed by atoms with Crippen molar-refractivity contribution in [3.05, 3.63) is 16.1 Å². The number of rotatable bonds is 7. The molecule has 7 nitrogen and oxygen atoms in total. The molecule has 0 saturated carbocycles. The van der Waals surface area contributed by atoms with Gasteiger partial charge >= 0.3 is 11.9 Å². The second kappa shape index (κ2) is 8.35. The normalized spacial score (nSPS) is 10.3. The molecule has 0 atom stereocenters. The van der Waals surface area contributed by atoms with E-state index in [0.29, 0.717) is 5.69 Å². The summed E-state index contributed by atoms with van der Waals surface area (Å²) in [7, 11) is 0. The average Bonchev–Trinajstić information content (AvgIpc) is 2.81. The molecule has 0 aliphatic carbocycles. The van der Waals surface area contributed by atoms with Crippen LogP contribution in [0, 0.1) is 6.92 Å². The lowest BCUT2D eigenvalue weighted by atomic mass is 10.2. The largest absolute Gasteiger partial charge is 0.464 e. The number of hydrogen-bond acceptors (Lipinski definition) is 7. The third kappa shape index (κ3) is 5.50. The van der Waals surface area contributed by atoms with Crippen molar-refractivity contribution in [2.24, 2.45) is 0 Å². The summed E-state index contributed by atoms with van der Waals surface area (Å²) >= 11 is 1.42. The fourth-order valence-electron chi connectivity index (χ4n) is 1.53. The molecular weight excluding hydrogens is 296 g/mol. The Morgan fingerprint density at radius 3 is 2.24 bits per heavy atom. The van der Waals surface area contributed by atoms with E-state index in [9.17, 15) is 14.4 Å². The highest BCUT2D eigenvalue weighted by Crippen LogP contribution is 2.08. The first-order chi connectivity index (χ1) is 9.97. The quantitative estimate of drug-likeness (QED) is 0.585. The Labute approximate surface area is 126 Å². The number of nitrogens with zero attached hydrogens (tertiary/aromatic N) is 1. The van der Waals surface area contributed by atoms with Crippen molar-refractivity contribution in [2.75, 3.05) is 13.2 Å². The van der Waals surface area contributed by atoms with Gasteiger partial charge in [0.05, 0.1) is 30.3 Å². The maximum absolute atomic E-state index is 11.9. The third-order valence-corrected chi connectivity index (χ3v) is 3.18. The van der Waals surface area contributed by atoms with Gasteiger partial charge in [-0.05, 0) is 20.8 Å². The van der Waals surface area contributed by atoms with Gasteiger partial charge in [-0.2, -0.15) is 0 Å². The fraction of sp³-hybridized carbons (Fsp3) is 0.538. The SMILES string of the molecule is CCOC(=O)C(NC(=O)Cc1csc(C)n1)C(=O)OCC. The van der Waals surface area contributed by atoms with E-state index in [0.717, 1.165) is 5.01 Å². The Balaban J connectivity index is 2.68. The number of amides is 1. The van der Waals surface area contributed by atoms with Crippen LogP contribution in [0.25, 0.3) is 0 Å². The number of carbonyl (C=O) groups excluding carboxylic acids is 3. The first-order valence-electron chi connectivity index (χ1n) is 6.51. The molecule has 0 bridgehead atoms. The minimum absolute atomic E-state index is 0.0142. The van der Waals surface area contributed by atoms with Gasteiger partial charge in [-0.1, -0.05) is 0 Å². The highest BCUT2D eigenvalue weighted by atomic mass is 32.1. The molecule has 0 aliphatic rings. The summed E-state index contributed by atoms with van der Waals surface area (Å²) in [6, 6.07) is -1.45. The van der Waals surface area contributed by atoms with Gasteiger partial charge in [0.1, 0.15) is 0 Å². The number of thiazole rings is 1. The minimum atomic E-state index is -1.45. The van der Waals surface area contributed by atoms with Crippen LogP contribution in [0.15, 0.2) is 5.38 Å². The minimum Gasteiger partial charge on any atom is -0.464 e. The van der Waals surface area contributed by atoms with Crippen molar-refractivity contribution < 1.29 is 23.9 Å². The van der Waals surface area contributed by atoms with E-state index in [1.165, 1.54) is 11.3 Å². The second-order valence-electron chi connectivity index (χ2n) is 4.04. The third-order valence-electron chi connectivity index (χ3n) is 2.36. The summed E-state index contributed by atoms with van der Waals surface area (Å²) in [5.41, 5.74) is 0.585. The molecule has 116 valence electrons. The maximum Gasteiger partial charge on any atom is 0.340 e. The van der Waals surface area contributed by atoms with Crippen molar-refractivity contribution in [1.29, 1.82) is 0 Å². The van der Waals surface area contributed by atoms with Gasteiger partial charge in [-0.3, -0.25) is 4.79 Å². The molecule has 1 rings (SSSR count). The average molecular weight is 314 g/mol. The lowest BCUT2D eigenvalue weighted by Crippen LogP contribution is -2.48. The molecule has 0 fully saturated rings. The summed E-state index contributed by atoms with van der Waals surface area (Å²) in [5.74, 6) is -2.16. The first kappa shape index (κ1) is 17.1. The number of hydrogen-bond donors (Lipinski definition) is 1. The van der Waals surface area contributed by atoms with Crippen LogP contribution in [-0.4, -0.2) is 42.1 Å². The fourth-order valence-corrected chi connectivity index (χ4v) is 2.14. The van der Waals surface area contributed by atoms with Crippen LogP contribution in [0.2, 0.25) is 0 Å². The summed E-state index contributed by atoms with van der Waals surface area (Å²) in [4.78, 5) is 39.4. The second-order valence-corrected chi connectivity index (χ2v) is 5.10. The number of esters is 2. The van der Waals surface area contributed by atoms with E-state index in [2.05, 4.69) is 10.3 Å².